The molecular weight excluding hydrogens is 304 g/mol. The molecule has 0 fully saturated rings. The highest BCUT2D eigenvalue weighted by Crippen LogP contribution is 2.23. The van der Waals surface area contributed by atoms with Crippen LogP contribution in [0.4, 0.5) is 5.13 Å². The first-order valence-electron chi connectivity index (χ1n) is 5.33. The summed E-state index contributed by atoms with van der Waals surface area (Å²) in [5, 5.41) is 15.8. The molecule has 0 aliphatic carbocycles. The van der Waals surface area contributed by atoms with Crippen LogP contribution in [0, 0.1) is 13.8 Å². The van der Waals surface area contributed by atoms with Gasteiger partial charge in [-0.15, -0.1) is 0 Å². The fourth-order valence-corrected chi connectivity index (χ4v) is 3.50. The van der Waals surface area contributed by atoms with Crippen LogP contribution in [0.2, 0.25) is 0 Å². The topological polar surface area (TPSA) is 122 Å². The van der Waals surface area contributed by atoms with Gasteiger partial charge in [-0.2, -0.15) is 0 Å². The smallest absolute Gasteiger partial charge is 0.335 e. The number of carbonyl (C=O) groups is 1. The molecule has 1 heterocycles. The van der Waals surface area contributed by atoms with Crippen molar-refractivity contribution in [3.05, 3.63) is 28.8 Å². The third-order valence-corrected chi connectivity index (χ3v) is 4.78. The molecule has 8 nitrogen and oxygen atoms in total. The van der Waals surface area contributed by atoms with Gasteiger partial charge in [-0.05, 0) is 42.3 Å². The lowest BCUT2D eigenvalue weighted by molar-refractivity contribution is 0.0696. The molecule has 0 atom stereocenters. The Labute approximate surface area is 118 Å². The minimum atomic E-state index is -3.94. The monoisotopic (exact) mass is 314 g/mol. The number of carboxylic acids is 1. The van der Waals surface area contributed by atoms with Gasteiger partial charge in [0.15, 0.2) is 0 Å². The van der Waals surface area contributed by atoms with Crippen molar-refractivity contribution in [2.24, 2.45) is 0 Å². The van der Waals surface area contributed by atoms with Gasteiger partial charge in [0.05, 0.1) is 10.5 Å². The van der Waals surface area contributed by atoms with E-state index in [-0.39, 0.29) is 15.6 Å². The van der Waals surface area contributed by atoms with E-state index in [0.717, 1.165) is 17.6 Å². The van der Waals surface area contributed by atoms with Gasteiger partial charge >= 0.3 is 5.97 Å². The Kier molecular flexibility index (Phi) is 3.68. The minimum Gasteiger partial charge on any atom is -0.478 e. The molecule has 0 aliphatic heterocycles. The van der Waals surface area contributed by atoms with Crippen LogP contribution < -0.4 is 4.72 Å². The molecule has 0 unspecified atom stereocenters. The second-order valence-electron chi connectivity index (χ2n) is 3.99. The Balaban J connectivity index is 2.53. The number of sulfonamides is 1. The van der Waals surface area contributed by atoms with E-state index in [2.05, 4.69) is 19.5 Å². The maximum Gasteiger partial charge on any atom is 0.335 e. The van der Waals surface area contributed by atoms with Crippen LogP contribution in [0.5, 0.6) is 0 Å². The van der Waals surface area contributed by atoms with Gasteiger partial charge in [0.2, 0.25) is 5.13 Å². The predicted octanol–water partition coefficient (Wildman–Crippen LogP) is 1.05. The van der Waals surface area contributed by atoms with Crippen molar-refractivity contribution < 1.29 is 18.3 Å². The van der Waals surface area contributed by atoms with Crippen LogP contribution in [0.1, 0.15) is 21.5 Å². The van der Waals surface area contributed by atoms with Gasteiger partial charge in [0, 0.05) is 11.5 Å². The Morgan fingerprint density at radius 1 is 1.35 bits per heavy atom. The summed E-state index contributed by atoms with van der Waals surface area (Å²) in [5.41, 5.74) is 0.949. The second kappa shape index (κ2) is 5.13. The van der Waals surface area contributed by atoms with E-state index in [9.17, 15) is 13.2 Å². The fraction of sp³-hybridized carbons (Fsp3) is 0.200. The average Bonchev–Trinajstić information content (AvgIpc) is 2.83. The van der Waals surface area contributed by atoms with Crippen LogP contribution in [0.25, 0.3) is 0 Å². The zero-order valence-corrected chi connectivity index (χ0v) is 12.1. The van der Waals surface area contributed by atoms with Crippen molar-refractivity contribution in [2.45, 2.75) is 18.7 Å². The summed E-state index contributed by atoms with van der Waals surface area (Å²) < 4.78 is 30.2. The molecule has 2 rings (SSSR count). The van der Waals surface area contributed by atoms with Crippen LogP contribution in [-0.4, -0.2) is 34.3 Å². The van der Waals surface area contributed by atoms with Crippen LogP contribution in [-0.2, 0) is 10.0 Å². The Hall–Kier alpha value is -2.07. The molecular formula is C10H10N4O4S2. The average molecular weight is 314 g/mol. The van der Waals surface area contributed by atoms with E-state index in [4.69, 9.17) is 5.11 Å². The summed E-state index contributed by atoms with van der Waals surface area (Å²) in [5.74, 6) is -1.19. The highest BCUT2D eigenvalue weighted by Gasteiger charge is 2.22. The summed E-state index contributed by atoms with van der Waals surface area (Å²) in [6, 6.07) is 2.53. The van der Waals surface area contributed by atoms with Crippen LogP contribution >= 0.6 is 11.5 Å². The van der Waals surface area contributed by atoms with E-state index in [1.165, 1.54) is 6.07 Å². The maximum absolute atomic E-state index is 12.3. The van der Waals surface area contributed by atoms with E-state index in [0.29, 0.717) is 11.1 Å². The SMILES string of the molecule is Cc1cc(C(=O)O)cc(S(=O)(=O)Nc2nnns2)c1C. The summed E-state index contributed by atoms with van der Waals surface area (Å²) in [6.07, 6.45) is 0. The summed E-state index contributed by atoms with van der Waals surface area (Å²) in [7, 11) is -3.94. The number of carboxylic acid groups (broad SMARTS) is 1. The molecule has 0 radical (unpaired) electrons. The Bertz CT molecular complexity index is 756. The molecule has 2 N–H and O–H groups in total. The number of anilines is 1. The molecule has 2 aromatic rings. The minimum absolute atomic E-state index is 0.0165. The molecule has 1 aromatic heterocycles. The zero-order chi connectivity index (χ0) is 14.9. The second-order valence-corrected chi connectivity index (χ2v) is 6.38. The molecule has 0 amide bonds. The first kappa shape index (κ1) is 14.3. The molecule has 0 saturated carbocycles. The molecule has 20 heavy (non-hydrogen) atoms. The van der Waals surface area contributed by atoms with Crippen molar-refractivity contribution in [2.75, 3.05) is 4.72 Å². The lowest BCUT2D eigenvalue weighted by Crippen LogP contribution is -2.16. The molecule has 106 valence electrons. The van der Waals surface area contributed by atoms with E-state index >= 15 is 0 Å². The standard InChI is InChI=1S/C10H10N4O4S2/c1-5-3-7(9(15)16)4-8(6(5)2)20(17,18)12-10-11-13-14-19-10/h3-4H,1-2H3,(H,15,16)(H,11,12,14). The van der Waals surface area contributed by atoms with E-state index in [1.54, 1.807) is 13.8 Å². The lowest BCUT2D eigenvalue weighted by atomic mass is 10.1. The van der Waals surface area contributed by atoms with Crippen molar-refractivity contribution in [3.8, 4) is 0 Å². The van der Waals surface area contributed by atoms with Crippen molar-refractivity contribution in [1.29, 1.82) is 0 Å². The number of nitrogens with one attached hydrogen (secondary N) is 1. The maximum atomic E-state index is 12.3. The number of hydrogen-bond acceptors (Lipinski definition) is 7. The lowest BCUT2D eigenvalue weighted by Gasteiger charge is -2.11. The largest absolute Gasteiger partial charge is 0.478 e. The van der Waals surface area contributed by atoms with Gasteiger partial charge in [0.25, 0.3) is 10.0 Å². The molecule has 0 spiro atoms. The summed E-state index contributed by atoms with van der Waals surface area (Å²) in [4.78, 5) is 10.9. The first-order chi connectivity index (χ1) is 9.31. The number of nitrogens with zero attached hydrogens (tertiary/aromatic N) is 3. The van der Waals surface area contributed by atoms with Gasteiger partial charge in [-0.3, -0.25) is 4.72 Å². The predicted molar refractivity (Wildman–Crippen MR) is 71.4 cm³/mol. The third-order valence-electron chi connectivity index (χ3n) is 2.68. The molecule has 0 saturated heterocycles. The first-order valence-corrected chi connectivity index (χ1v) is 7.59. The molecule has 1 aromatic carbocycles. The van der Waals surface area contributed by atoms with Gasteiger partial charge in [-0.1, -0.05) is 9.59 Å². The van der Waals surface area contributed by atoms with Crippen molar-refractivity contribution >= 4 is 32.7 Å². The number of hydrogen-bond donors (Lipinski definition) is 2. The van der Waals surface area contributed by atoms with Gasteiger partial charge < -0.3 is 5.11 Å². The Morgan fingerprint density at radius 3 is 2.60 bits per heavy atom. The molecule has 0 aliphatic rings. The third kappa shape index (κ3) is 2.75. The van der Waals surface area contributed by atoms with Gasteiger partial charge in [0.1, 0.15) is 0 Å². The highest BCUT2D eigenvalue weighted by molar-refractivity contribution is 7.93. The van der Waals surface area contributed by atoms with E-state index < -0.39 is 16.0 Å². The van der Waals surface area contributed by atoms with Crippen molar-refractivity contribution in [3.63, 3.8) is 0 Å². The van der Waals surface area contributed by atoms with Crippen molar-refractivity contribution in [1.82, 2.24) is 14.8 Å². The molecule has 0 bridgehead atoms. The number of aryl methyl sites for hydroxylation is 1. The number of aromatic carboxylic acids is 1. The van der Waals surface area contributed by atoms with Crippen LogP contribution in [0.15, 0.2) is 17.0 Å². The zero-order valence-electron chi connectivity index (χ0n) is 10.5. The normalized spacial score (nSPS) is 11.3. The Morgan fingerprint density at radius 2 is 2.05 bits per heavy atom. The number of benzene rings is 1. The van der Waals surface area contributed by atoms with Crippen LogP contribution in [0.3, 0.4) is 0 Å². The fourth-order valence-electron chi connectivity index (χ4n) is 1.57. The number of rotatable bonds is 4. The summed E-state index contributed by atoms with van der Waals surface area (Å²) in [6.45, 7) is 3.25. The quantitative estimate of drug-likeness (QED) is 0.864. The highest BCUT2D eigenvalue weighted by atomic mass is 32.2. The molecule has 10 heteroatoms. The van der Waals surface area contributed by atoms with E-state index in [1.807, 2.05) is 0 Å². The number of aromatic nitrogens is 3. The van der Waals surface area contributed by atoms with Gasteiger partial charge in [-0.25, -0.2) is 13.2 Å². The summed E-state index contributed by atoms with van der Waals surface area (Å²) >= 11 is 0.786.